The first kappa shape index (κ1) is 16.0. The summed E-state index contributed by atoms with van der Waals surface area (Å²) in [6.45, 7) is 0.604. The van der Waals surface area contributed by atoms with Crippen molar-refractivity contribution < 1.29 is 4.74 Å². The number of halogens is 3. The van der Waals surface area contributed by atoms with E-state index in [2.05, 4.69) is 21.2 Å². The van der Waals surface area contributed by atoms with Crippen molar-refractivity contribution in [2.45, 2.75) is 6.54 Å². The molecule has 2 rings (SSSR count). The lowest BCUT2D eigenvalue weighted by molar-refractivity contribution is 0.368. The largest absolute Gasteiger partial charge is 0.479 e. The van der Waals surface area contributed by atoms with E-state index in [1.165, 1.54) is 0 Å². The van der Waals surface area contributed by atoms with Crippen molar-refractivity contribution in [1.29, 1.82) is 5.26 Å². The van der Waals surface area contributed by atoms with Crippen LogP contribution in [0.25, 0.3) is 0 Å². The summed E-state index contributed by atoms with van der Waals surface area (Å²) in [7, 11) is 0. The lowest BCUT2D eigenvalue weighted by Crippen LogP contribution is -2.01. The van der Waals surface area contributed by atoms with Crippen LogP contribution in [0.1, 0.15) is 5.56 Å². The van der Waals surface area contributed by atoms with E-state index in [0.717, 1.165) is 15.7 Å². The van der Waals surface area contributed by atoms with Crippen LogP contribution in [0.2, 0.25) is 10.0 Å². The minimum Gasteiger partial charge on any atom is -0.479 e. The van der Waals surface area contributed by atoms with Crippen LogP contribution in [0.4, 0.5) is 5.69 Å². The summed E-state index contributed by atoms with van der Waals surface area (Å²) in [6, 6.07) is 13.1. The number of hydrogen-bond donors (Lipinski definition) is 1. The molecule has 21 heavy (non-hydrogen) atoms. The molecule has 2 aromatic carbocycles. The average Bonchev–Trinajstić information content (AvgIpc) is 2.50. The van der Waals surface area contributed by atoms with Gasteiger partial charge in [-0.05, 0) is 45.8 Å². The maximum Gasteiger partial charge on any atom is 0.174 e. The zero-order valence-corrected chi connectivity index (χ0v) is 14.0. The van der Waals surface area contributed by atoms with Gasteiger partial charge in [0.2, 0.25) is 0 Å². The molecule has 0 amide bonds. The minimum absolute atomic E-state index is 0.0328. The number of ether oxygens (including phenoxy) is 1. The molecule has 0 aliphatic rings. The molecule has 0 saturated carbocycles. The third-order valence-electron chi connectivity index (χ3n) is 2.72. The van der Waals surface area contributed by atoms with Crippen molar-refractivity contribution in [3.8, 4) is 11.8 Å². The van der Waals surface area contributed by atoms with Gasteiger partial charge in [0.25, 0.3) is 0 Å². The second-order valence-electron chi connectivity index (χ2n) is 4.17. The lowest BCUT2D eigenvalue weighted by Gasteiger charge is -2.11. The Morgan fingerprint density at radius 3 is 2.76 bits per heavy atom. The molecule has 0 radical (unpaired) electrons. The Morgan fingerprint density at radius 2 is 2.00 bits per heavy atom. The first-order valence-electron chi connectivity index (χ1n) is 6.08. The predicted octanol–water partition coefficient (Wildman–Crippen LogP) is 5.27. The molecular weight excluding hydrogens is 375 g/mol. The van der Waals surface area contributed by atoms with Crippen LogP contribution in [0.5, 0.6) is 5.75 Å². The van der Waals surface area contributed by atoms with Gasteiger partial charge in [-0.1, -0.05) is 35.3 Å². The highest BCUT2D eigenvalue weighted by Crippen LogP contribution is 2.36. The van der Waals surface area contributed by atoms with E-state index in [4.69, 9.17) is 33.2 Å². The van der Waals surface area contributed by atoms with Gasteiger partial charge in [-0.3, -0.25) is 0 Å². The van der Waals surface area contributed by atoms with Crippen molar-refractivity contribution in [3.63, 3.8) is 0 Å². The summed E-state index contributed by atoms with van der Waals surface area (Å²) in [5.74, 6) is 0.663. The Bertz CT molecular complexity index is 686. The van der Waals surface area contributed by atoms with Crippen molar-refractivity contribution in [2.24, 2.45) is 0 Å². The van der Waals surface area contributed by atoms with Gasteiger partial charge < -0.3 is 10.1 Å². The van der Waals surface area contributed by atoms with Gasteiger partial charge in [0.1, 0.15) is 11.8 Å². The number of anilines is 1. The van der Waals surface area contributed by atoms with Gasteiger partial charge in [0.15, 0.2) is 6.61 Å². The van der Waals surface area contributed by atoms with Crippen LogP contribution < -0.4 is 10.1 Å². The summed E-state index contributed by atoms with van der Waals surface area (Å²) in [5, 5.41) is 12.7. The number of nitriles is 1. The molecule has 108 valence electrons. The maximum absolute atomic E-state index is 8.51. The second-order valence-corrected chi connectivity index (χ2v) is 5.78. The number of nitrogens with one attached hydrogen (secondary N) is 1. The van der Waals surface area contributed by atoms with E-state index in [-0.39, 0.29) is 6.61 Å². The molecule has 0 fully saturated rings. The smallest absolute Gasteiger partial charge is 0.174 e. The first-order valence-corrected chi connectivity index (χ1v) is 7.62. The maximum atomic E-state index is 8.51. The summed E-state index contributed by atoms with van der Waals surface area (Å²) in [6.07, 6.45) is 0. The third kappa shape index (κ3) is 4.28. The molecule has 0 saturated heterocycles. The molecule has 3 nitrogen and oxygen atoms in total. The van der Waals surface area contributed by atoms with Crippen LogP contribution in [-0.4, -0.2) is 6.61 Å². The van der Waals surface area contributed by atoms with Gasteiger partial charge in [0, 0.05) is 11.0 Å². The number of nitrogens with zero attached hydrogens (tertiary/aromatic N) is 1. The number of hydrogen-bond acceptors (Lipinski definition) is 3. The highest BCUT2D eigenvalue weighted by molar-refractivity contribution is 9.10. The topological polar surface area (TPSA) is 45.0 Å². The summed E-state index contributed by atoms with van der Waals surface area (Å²) in [4.78, 5) is 0. The van der Waals surface area contributed by atoms with E-state index >= 15 is 0 Å². The SMILES string of the molecule is N#CCOc1cccc(CNc2ccc(Br)c(Cl)c2Cl)c1. The summed E-state index contributed by atoms with van der Waals surface area (Å²) in [5.41, 5.74) is 1.77. The van der Waals surface area contributed by atoms with E-state index in [0.29, 0.717) is 22.3 Å². The Balaban J connectivity index is 2.07. The minimum atomic E-state index is 0.0328. The molecular formula is C15H11BrCl2N2O. The second kappa shape index (κ2) is 7.56. The van der Waals surface area contributed by atoms with Crippen LogP contribution >= 0.6 is 39.1 Å². The van der Waals surface area contributed by atoms with Crippen LogP contribution in [0.3, 0.4) is 0 Å². The monoisotopic (exact) mass is 384 g/mol. The predicted molar refractivity (Wildman–Crippen MR) is 89.0 cm³/mol. The van der Waals surface area contributed by atoms with Gasteiger partial charge in [0.05, 0.1) is 15.7 Å². The summed E-state index contributed by atoms with van der Waals surface area (Å²) < 4.78 is 6.02. The van der Waals surface area contributed by atoms with E-state index < -0.39 is 0 Å². The van der Waals surface area contributed by atoms with E-state index in [1.54, 1.807) is 0 Å². The molecule has 0 aromatic heterocycles. The lowest BCUT2D eigenvalue weighted by atomic mass is 10.2. The normalized spacial score (nSPS) is 10.0. The van der Waals surface area contributed by atoms with Crippen LogP contribution in [0.15, 0.2) is 40.9 Å². The Kier molecular flexibility index (Phi) is 5.75. The molecule has 6 heteroatoms. The zero-order chi connectivity index (χ0) is 15.2. The van der Waals surface area contributed by atoms with E-state index in [1.807, 2.05) is 42.5 Å². The molecule has 0 heterocycles. The van der Waals surface area contributed by atoms with Crippen LogP contribution in [0, 0.1) is 11.3 Å². The molecule has 0 spiro atoms. The molecule has 0 aliphatic carbocycles. The summed E-state index contributed by atoms with van der Waals surface area (Å²) >= 11 is 15.6. The standard InChI is InChI=1S/C15H11BrCl2N2O/c16-12-4-5-13(15(18)14(12)17)20-9-10-2-1-3-11(8-10)21-7-6-19/h1-5,8,20H,7,9H2. The Labute approximate surface area is 141 Å². The van der Waals surface area contributed by atoms with Crippen molar-refractivity contribution >= 4 is 44.8 Å². The van der Waals surface area contributed by atoms with E-state index in [9.17, 15) is 0 Å². The molecule has 0 atom stereocenters. The van der Waals surface area contributed by atoms with Gasteiger partial charge in [-0.15, -0.1) is 0 Å². The Morgan fingerprint density at radius 1 is 1.19 bits per heavy atom. The fourth-order valence-corrected chi connectivity index (χ4v) is 2.56. The molecule has 0 unspecified atom stereocenters. The highest BCUT2D eigenvalue weighted by atomic mass is 79.9. The Hall–Kier alpha value is -1.41. The zero-order valence-electron chi connectivity index (χ0n) is 10.9. The average molecular weight is 386 g/mol. The van der Waals surface area contributed by atoms with Crippen LogP contribution in [-0.2, 0) is 6.54 Å². The highest BCUT2D eigenvalue weighted by Gasteiger charge is 2.08. The van der Waals surface area contributed by atoms with Crippen molar-refractivity contribution in [1.82, 2.24) is 0 Å². The molecule has 1 N–H and O–H groups in total. The fourth-order valence-electron chi connectivity index (χ4n) is 1.72. The molecule has 0 aliphatic heterocycles. The fraction of sp³-hybridized carbons (Fsp3) is 0.133. The van der Waals surface area contributed by atoms with Gasteiger partial charge in [-0.25, -0.2) is 0 Å². The van der Waals surface area contributed by atoms with Crippen molar-refractivity contribution in [3.05, 3.63) is 56.5 Å². The quantitative estimate of drug-likeness (QED) is 0.713. The molecule has 2 aromatic rings. The first-order chi connectivity index (χ1) is 10.1. The molecule has 0 bridgehead atoms. The number of rotatable bonds is 5. The van der Waals surface area contributed by atoms with Gasteiger partial charge in [-0.2, -0.15) is 5.26 Å². The number of benzene rings is 2. The van der Waals surface area contributed by atoms with Gasteiger partial charge >= 0.3 is 0 Å². The third-order valence-corrected chi connectivity index (χ3v) is 4.49. The van der Waals surface area contributed by atoms with Crippen molar-refractivity contribution in [2.75, 3.05) is 11.9 Å².